The Morgan fingerprint density at radius 3 is 3.00 bits per heavy atom. The summed E-state index contributed by atoms with van der Waals surface area (Å²) in [4.78, 5) is 16.7. The number of rotatable bonds is 5. The van der Waals surface area contributed by atoms with Crippen LogP contribution in [0.25, 0.3) is 0 Å². The van der Waals surface area contributed by atoms with Gasteiger partial charge in [0.2, 0.25) is 5.91 Å². The fraction of sp³-hybridized carbons (Fsp3) is 0.737. The van der Waals surface area contributed by atoms with E-state index in [1.807, 2.05) is 0 Å². The molecular formula is C19H28N2O2S. The van der Waals surface area contributed by atoms with Crippen molar-refractivity contribution in [2.24, 2.45) is 5.92 Å². The van der Waals surface area contributed by atoms with Gasteiger partial charge in [0, 0.05) is 36.7 Å². The van der Waals surface area contributed by atoms with Crippen LogP contribution in [-0.4, -0.2) is 48.7 Å². The van der Waals surface area contributed by atoms with Crippen molar-refractivity contribution >= 4 is 17.2 Å². The summed E-state index contributed by atoms with van der Waals surface area (Å²) in [6.07, 6.45) is 8.55. The van der Waals surface area contributed by atoms with E-state index in [4.69, 9.17) is 4.74 Å². The van der Waals surface area contributed by atoms with Gasteiger partial charge in [0.25, 0.3) is 0 Å². The van der Waals surface area contributed by atoms with E-state index < -0.39 is 0 Å². The molecule has 1 N–H and O–H groups in total. The molecule has 1 aromatic heterocycles. The van der Waals surface area contributed by atoms with Gasteiger partial charge in [-0.3, -0.25) is 9.69 Å². The summed E-state index contributed by atoms with van der Waals surface area (Å²) in [5, 5.41) is 5.26. The van der Waals surface area contributed by atoms with Crippen molar-refractivity contribution in [3.8, 4) is 0 Å². The zero-order chi connectivity index (χ0) is 16.4. The van der Waals surface area contributed by atoms with E-state index in [1.54, 1.807) is 11.3 Å². The van der Waals surface area contributed by atoms with E-state index in [9.17, 15) is 4.79 Å². The number of likely N-dealkylation sites (tertiary alicyclic amines) is 1. The van der Waals surface area contributed by atoms with Gasteiger partial charge in [-0.05, 0) is 43.6 Å². The summed E-state index contributed by atoms with van der Waals surface area (Å²) in [7, 11) is 0. The van der Waals surface area contributed by atoms with Crippen LogP contribution in [0.4, 0.5) is 0 Å². The average Bonchev–Trinajstić information content (AvgIpc) is 3.34. The van der Waals surface area contributed by atoms with E-state index in [1.165, 1.54) is 30.6 Å². The van der Waals surface area contributed by atoms with Crippen LogP contribution in [0.2, 0.25) is 0 Å². The lowest BCUT2D eigenvalue weighted by Crippen LogP contribution is -2.55. The second-order valence-electron chi connectivity index (χ2n) is 7.45. The lowest BCUT2D eigenvalue weighted by atomic mass is 9.88. The molecule has 24 heavy (non-hydrogen) atoms. The third kappa shape index (κ3) is 3.53. The van der Waals surface area contributed by atoms with Gasteiger partial charge in [0.1, 0.15) is 0 Å². The Balaban J connectivity index is 1.34. The van der Waals surface area contributed by atoms with Crippen molar-refractivity contribution < 1.29 is 9.53 Å². The van der Waals surface area contributed by atoms with E-state index in [0.29, 0.717) is 12.1 Å². The highest BCUT2D eigenvalue weighted by atomic mass is 32.1. The van der Waals surface area contributed by atoms with Crippen molar-refractivity contribution in [2.75, 3.05) is 19.7 Å². The predicted octanol–water partition coefficient (Wildman–Crippen LogP) is 2.83. The van der Waals surface area contributed by atoms with Crippen LogP contribution < -0.4 is 5.32 Å². The highest BCUT2D eigenvalue weighted by Gasteiger charge is 2.44. The van der Waals surface area contributed by atoms with Crippen molar-refractivity contribution in [1.82, 2.24) is 10.2 Å². The highest BCUT2D eigenvalue weighted by molar-refractivity contribution is 7.09. The monoisotopic (exact) mass is 348 g/mol. The molecule has 1 aromatic rings. The molecule has 1 aliphatic carbocycles. The third-order valence-corrected chi connectivity index (χ3v) is 6.90. The molecule has 3 fully saturated rings. The quantitative estimate of drug-likeness (QED) is 0.890. The standard InChI is InChI=1S/C19H28N2O2S/c22-19(20-9-7-16-6-3-11-24-16)14-12-18-17(8-10-23-18)21(13-14)15-4-1-2-5-15/h3,6,11,14-15,17-18H,1-2,4-5,7-10,12-13H2,(H,20,22)/t14-,17+,18+/m0/s1. The minimum absolute atomic E-state index is 0.0910. The van der Waals surface area contributed by atoms with Gasteiger partial charge < -0.3 is 10.1 Å². The second kappa shape index (κ2) is 7.54. The van der Waals surface area contributed by atoms with Crippen LogP contribution in [0.15, 0.2) is 17.5 Å². The van der Waals surface area contributed by atoms with Crippen molar-refractivity contribution in [3.05, 3.63) is 22.4 Å². The molecule has 0 unspecified atom stereocenters. The molecule has 132 valence electrons. The lowest BCUT2D eigenvalue weighted by molar-refractivity contribution is -0.130. The molecule has 3 aliphatic rings. The zero-order valence-electron chi connectivity index (χ0n) is 14.3. The Morgan fingerprint density at radius 2 is 2.21 bits per heavy atom. The molecule has 2 saturated heterocycles. The van der Waals surface area contributed by atoms with Crippen LogP contribution in [0.3, 0.4) is 0 Å². The minimum atomic E-state index is 0.0910. The minimum Gasteiger partial charge on any atom is -0.377 e. The zero-order valence-corrected chi connectivity index (χ0v) is 15.1. The van der Waals surface area contributed by atoms with Gasteiger partial charge in [-0.25, -0.2) is 0 Å². The first kappa shape index (κ1) is 16.6. The van der Waals surface area contributed by atoms with Crippen molar-refractivity contribution in [3.63, 3.8) is 0 Å². The maximum atomic E-state index is 12.7. The maximum absolute atomic E-state index is 12.7. The summed E-state index contributed by atoms with van der Waals surface area (Å²) in [6, 6.07) is 5.44. The molecule has 4 rings (SSSR count). The molecule has 3 atom stereocenters. The van der Waals surface area contributed by atoms with E-state index in [2.05, 4.69) is 27.7 Å². The number of fused-ring (bicyclic) bond motifs is 1. The van der Waals surface area contributed by atoms with Crippen LogP contribution >= 0.6 is 11.3 Å². The Labute approximate surface area is 148 Å². The van der Waals surface area contributed by atoms with E-state index in [-0.39, 0.29) is 17.9 Å². The Bertz CT molecular complexity index is 542. The number of carbonyl (C=O) groups is 1. The van der Waals surface area contributed by atoms with Gasteiger partial charge in [-0.2, -0.15) is 0 Å². The predicted molar refractivity (Wildman–Crippen MR) is 96.2 cm³/mol. The van der Waals surface area contributed by atoms with Gasteiger partial charge in [-0.1, -0.05) is 18.9 Å². The van der Waals surface area contributed by atoms with Crippen molar-refractivity contribution in [2.45, 2.75) is 63.1 Å². The first-order valence-electron chi connectivity index (χ1n) is 9.48. The number of piperidine rings is 1. The van der Waals surface area contributed by atoms with E-state index in [0.717, 1.165) is 39.0 Å². The summed E-state index contributed by atoms with van der Waals surface area (Å²) in [5.41, 5.74) is 0. The number of nitrogens with zero attached hydrogens (tertiary/aromatic N) is 1. The molecule has 3 heterocycles. The topological polar surface area (TPSA) is 41.6 Å². The summed E-state index contributed by atoms with van der Waals surface area (Å²) in [5.74, 6) is 0.316. The van der Waals surface area contributed by atoms with Gasteiger partial charge in [-0.15, -0.1) is 11.3 Å². The molecule has 0 aromatic carbocycles. The molecular weight excluding hydrogens is 320 g/mol. The highest BCUT2D eigenvalue weighted by Crippen LogP contribution is 2.36. The summed E-state index contributed by atoms with van der Waals surface area (Å²) >= 11 is 1.76. The first-order valence-corrected chi connectivity index (χ1v) is 10.4. The number of carbonyl (C=O) groups excluding carboxylic acids is 1. The van der Waals surface area contributed by atoms with E-state index >= 15 is 0 Å². The lowest BCUT2D eigenvalue weighted by Gasteiger charge is -2.43. The molecule has 5 heteroatoms. The number of amides is 1. The molecule has 4 nitrogen and oxygen atoms in total. The maximum Gasteiger partial charge on any atom is 0.224 e. The van der Waals surface area contributed by atoms with Crippen molar-refractivity contribution in [1.29, 1.82) is 0 Å². The normalized spacial score (nSPS) is 31.2. The number of thiophene rings is 1. The summed E-state index contributed by atoms with van der Waals surface area (Å²) < 4.78 is 5.97. The molecule has 0 radical (unpaired) electrons. The SMILES string of the molecule is O=C(NCCc1cccs1)[C@H]1C[C@H]2OCC[C@H]2N(C2CCCC2)C1. The number of hydrogen-bond acceptors (Lipinski definition) is 4. The first-order chi connectivity index (χ1) is 11.8. The summed E-state index contributed by atoms with van der Waals surface area (Å²) in [6.45, 7) is 2.54. The number of hydrogen-bond donors (Lipinski definition) is 1. The van der Waals surface area contributed by atoms with Gasteiger partial charge in [0.05, 0.1) is 12.0 Å². The molecule has 0 bridgehead atoms. The molecule has 0 spiro atoms. The Hall–Kier alpha value is -0.910. The second-order valence-corrected chi connectivity index (χ2v) is 8.49. The Kier molecular flexibility index (Phi) is 5.20. The number of ether oxygens (including phenoxy) is 1. The average molecular weight is 349 g/mol. The van der Waals surface area contributed by atoms with Gasteiger partial charge >= 0.3 is 0 Å². The molecule has 2 aliphatic heterocycles. The van der Waals surface area contributed by atoms with Crippen LogP contribution in [0, 0.1) is 5.92 Å². The molecule has 1 amide bonds. The number of nitrogens with one attached hydrogen (secondary N) is 1. The largest absolute Gasteiger partial charge is 0.377 e. The van der Waals surface area contributed by atoms with Crippen LogP contribution in [-0.2, 0) is 16.0 Å². The fourth-order valence-corrected chi connectivity index (χ4v) is 5.45. The van der Waals surface area contributed by atoms with Gasteiger partial charge in [0.15, 0.2) is 0 Å². The fourth-order valence-electron chi connectivity index (χ4n) is 4.74. The molecule has 1 saturated carbocycles. The van der Waals surface area contributed by atoms with Crippen LogP contribution in [0.5, 0.6) is 0 Å². The Morgan fingerprint density at radius 1 is 1.33 bits per heavy atom. The smallest absolute Gasteiger partial charge is 0.224 e. The third-order valence-electron chi connectivity index (χ3n) is 5.96. The van der Waals surface area contributed by atoms with Crippen LogP contribution in [0.1, 0.15) is 43.4 Å².